The van der Waals surface area contributed by atoms with E-state index in [4.69, 9.17) is 4.74 Å². The first-order chi connectivity index (χ1) is 13.0. The van der Waals surface area contributed by atoms with E-state index in [-0.39, 0.29) is 5.41 Å². The lowest BCUT2D eigenvalue weighted by atomic mass is 9.87. The Bertz CT molecular complexity index is 861. The predicted octanol–water partition coefficient (Wildman–Crippen LogP) is 6.01. The average Bonchev–Trinajstić information content (AvgIpc) is 2.68. The monoisotopic (exact) mass is 358 g/mol. The maximum atomic E-state index is 5.80. The molecule has 3 aromatic rings. The third-order valence-electron chi connectivity index (χ3n) is 4.29. The van der Waals surface area contributed by atoms with Crippen molar-refractivity contribution in [2.75, 3.05) is 5.43 Å². The molecule has 0 fully saturated rings. The normalized spacial score (nSPS) is 11.5. The molecule has 0 unspecified atom stereocenters. The number of nitrogens with zero attached hydrogens (tertiary/aromatic N) is 1. The van der Waals surface area contributed by atoms with Crippen LogP contribution in [0.2, 0.25) is 0 Å². The van der Waals surface area contributed by atoms with E-state index in [1.165, 1.54) is 5.56 Å². The van der Waals surface area contributed by atoms with Gasteiger partial charge in [-0.2, -0.15) is 5.10 Å². The van der Waals surface area contributed by atoms with Crippen LogP contribution in [0, 0.1) is 0 Å². The maximum Gasteiger partial charge on any atom is 0.119 e. The van der Waals surface area contributed by atoms with Crippen LogP contribution in [0.4, 0.5) is 5.69 Å². The number of hydrazone groups is 1. The summed E-state index contributed by atoms with van der Waals surface area (Å²) in [5.74, 6) is 0.849. The minimum Gasteiger partial charge on any atom is -0.489 e. The summed E-state index contributed by atoms with van der Waals surface area (Å²) in [7, 11) is 0. The lowest BCUT2D eigenvalue weighted by Gasteiger charge is -2.18. The zero-order valence-electron chi connectivity index (χ0n) is 16.1. The molecule has 3 heteroatoms. The fourth-order valence-electron chi connectivity index (χ4n) is 2.62. The number of rotatable bonds is 6. The Hall–Kier alpha value is -3.07. The molecule has 0 aliphatic heterocycles. The highest BCUT2D eigenvalue weighted by molar-refractivity contribution is 5.80. The molecule has 1 N–H and O–H groups in total. The Morgan fingerprint density at radius 2 is 1.52 bits per heavy atom. The van der Waals surface area contributed by atoms with Crippen LogP contribution in [0.25, 0.3) is 0 Å². The van der Waals surface area contributed by atoms with Gasteiger partial charge in [0.15, 0.2) is 0 Å². The van der Waals surface area contributed by atoms with Gasteiger partial charge in [-0.05, 0) is 58.5 Å². The molecule has 0 aromatic heterocycles. The Kier molecular flexibility index (Phi) is 5.92. The van der Waals surface area contributed by atoms with Gasteiger partial charge in [0.1, 0.15) is 12.4 Å². The van der Waals surface area contributed by atoms with E-state index in [0.29, 0.717) is 6.61 Å². The van der Waals surface area contributed by atoms with Crippen molar-refractivity contribution in [3.8, 4) is 5.75 Å². The van der Waals surface area contributed by atoms with Crippen LogP contribution in [-0.4, -0.2) is 6.21 Å². The molecule has 0 atom stereocenters. The van der Waals surface area contributed by atoms with E-state index in [2.05, 4.69) is 67.7 Å². The van der Waals surface area contributed by atoms with E-state index in [9.17, 15) is 0 Å². The quantitative estimate of drug-likeness (QED) is 0.432. The van der Waals surface area contributed by atoms with Crippen LogP contribution in [0.3, 0.4) is 0 Å². The van der Waals surface area contributed by atoms with Crippen molar-refractivity contribution in [2.45, 2.75) is 32.8 Å². The van der Waals surface area contributed by atoms with E-state index < -0.39 is 0 Å². The molecule has 138 valence electrons. The highest BCUT2D eigenvalue weighted by Crippen LogP contribution is 2.23. The summed E-state index contributed by atoms with van der Waals surface area (Å²) < 4.78 is 5.80. The molecule has 0 aliphatic rings. The maximum absolute atomic E-state index is 5.80. The Morgan fingerprint density at radius 1 is 0.852 bits per heavy atom. The molecule has 0 saturated heterocycles. The standard InChI is InChI=1S/C24H26N2O/c1-24(2,3)21-11-13-22(14-12-21)26-25-17-19-9-15-23(16-10-19)27-18-20-7-5-4-6-8-20/h4-17,26H,18H2,1-3H3/b25-17+. The molecule has 27 heavy (non-hydrogen) atoms. The average molecular weight is 358 g/mol. The SMILES string of the molecule is CC(C)(C)c1ccc(N/N=C/c2ccc(OCc3ccccc3)cc2)cc1. The van der Waals surface area contributed by atoms with E-state index in [1.54, 1.807) is 6.21 Å². The Labute approximate surface area is 161 Å². The predicted molar refractivity (Wildman–Crippen MR) is 114 cm³/mol. The Balaban J connectivity index is 1.52. The summed E-state index contributed by atoms with van der Waals surface area (Å²) in [5, 5.41) is 4.31. The van der Waals surface area contributed by atoms with Crippen LogP contribution < -0.4 is 10.2 Å². The molecular weight excluding hydrogens is 332 g/mol. The molecule has 0 aliphatic carbocycles. The number of hydrogen-bond donors (Lipinski definition) is 1. The van der Waals surface area contributed by atoms with Crippen LogP contribution in [0.15, 0.2) is 84.0 Å². The van der Waals surface area contributed by atoms with Crippen molar-refractivity contribution < 1.29 is 4.74 Å². The van der Waals surface area contributed by atoms with E-state index in [1.807, 2.05) is 42.5 Å². The van der Waals surface area contributed by atoms with Gasteiger partial charge in [0, 0.05) is 0 Å². The molecule has 0 heterocycles. The lowest BCUT2D eigenvalue weighted by Crippen LogP contribution is -2.10. The second-order valence-electron chi connectivity index (χ2n) is 7.54. The molecule has 3 rings (SSSR count). The molecule has 0 amide bonds. The van der Waals surface area contributed by atoms with Gasteiger partial charge in [-0.1, -0.05) is 63.2 Å². The summed E-state index contributed by atoms with van der Waals surface area (Å²) in [6.45, 7) is 7.20. The minimum absolute atomic E-state index is 0.159. The highest BCUT2D eigenvalue weighted by atomic mass is 16.5. The summed E-state index contributed by atoms with van der Waals surface area (Å²) in [4.78, 5) is 0. The first kappa shape index (κ1) is 18.7. The zero-order chi connectivity index (χ0) is 19.1. The van der Waals surface area contributed by atoms with Crippen molar-refractivity contribution in [3.05, 3.63) is 95.6 Å². The number of benzene rings is 3. The van der Waals surface area contributed by atoms with Gasteiger partial charge in [-0.3, -0.25) is 5.43 Å². The largest absolute Gasteiger partial charge is 0.489 e. The summed E-state index contributed by atoms with van der Waals surface area (Å²) in [6, 6.07) is 26.4. The van der Waals surface area contributed by atoms with Crippen LogP contribution >= 0.6 is 0 Å². The number of hydrogen-bond acceptors (Lipinski definition) is 3. The summed E-state index contributed by atoms with van der Waals surface area (Å²) in [5.41, 5.74) is 7.68. The highest BCUT2D eigenvalue weighted by Gasteiger charge is 2.12. The second kappa shape index (κ2) is 8.54. The van der Waals surface area contributed by atoms with Crippen LogP contribution in [-0.2, 0) is 12.0 Å². The van der Waals surface area contributed by atoms with Crippen LogP contribution in [0.1, 0.15) is 37.5 Å². The van der Waals surface area contributed by atoms with E-state index in [0.717, 1.165) is 22.6 Å². The third kappa shape index (κ3) is 5.71. The molecule has 0 spiro atoms. The fourth-order valence-corrected chi connectivity index (χ4v) is 2.62. The van der Waals surface area contributed by atoms with Gasteiger partial charge in [-0.15, -0.1) is 0 Å². The van der Waals surface area contributed by atoms with Gasteiger partial charge in [0.05, 0.1) is 11.9 Å². The van der Waals surface area contributed by atoms with Crippen molar-refractivity contribution in [2.24, 2.45) is 5.10 Å². The van der Waals surface area contributed by atoms with Gasteiger partial charge in [0.2, 0.25) is 0 Å². The third-order valence-corrected chi connectivity index (χ3v) is 4.29. The lowest BCUT2D eigenvalue weighted by molar-refractivity contribution is 0.306. The van der Waals surface area contributed by atoms with Gasteiger partial charge >= 0.3 is 0 Å². The number of nitrogens with one attached hydrogen (secondary N) is 1. The number of ether oxygens (including phenoxy) is 1. The molecule has 0 bridgehead atoms. The van der Waals surface area contributed by atoms with Crippen molar-refractivity contribution in [1.82, 2.24) is 0 Å². The second-order valence-corrected chi connectivity index (χ2v) is 7.54. The smallest absolute Gasteiger partial charge is 0.119 e. The first-order valence-corrected chi connectivity index (χ1v) is 9.17. The summed E-state index contributed by atoms with van der Waals surface area (Å²) >= 11 is 0. The molecule has 0 saturated carbocycles. The van der Waals surface area contributed by atoms with Gasteiger partial charge in [-0.25, -0.2) is 0 Å². The Morgan fingerprint density at radius 3 is 2.15 bits per heavy atom. The first-order valence-electron chi connectivity index (χ1n) is 9.17. The summed E-state index contributed by atoms with van der Waals surface area (Å²) in [6.07, 6.45) is 1.80. The molecule has 3 aromatic carbocycles. The van der Waals surface area contributed by atoms with Crippen molar-refractivity contribution in [1.29, 1.82) is 0 Å². The molecule has 0 radical (unpaired) electrons. The molecular formula is C24H26N2O. The fraction of sp³-hybridized carbons (Fsp3) is 0.208. The minimum atomic E-state index is 0.159. The van der Waals surface area contributed by atoms with Gasteiger partial charge in [0.25, 0.3) is 0 Å². The van der Waals surface area contributed by atoms with Crippen LogP contribution in [0.5, 0.6) is 5.75 Å². The topological polar surface area (TPSA) is 33.6 Å². The van der Waals surface area contributed by atoms with Gasteiger partial charge < -0.3 is 4.74 Å². The zero-order valence-corrected chi connectivity index (χ0v) is 16.1. The molecule has 3 nitrogen and oxygen atoms in total. The van der Waals surface area contributed by atoms with Crippen molar-refractivity contribution in [3.63, 3.8) is 0 Å². The van der Waals surface area contributed by atoms with E-state index >= 15 is 0 Å². The van der Waals surface area contributed by atoms with Crippen molar-refractivity contribution >= 4 is 11.9 Å². The number of anilines is 1.